The molecular formula is C11H10BrN5O2. The highest BCUT2D eigenvalue weighted by molar-refractivity contribution is 9.10. The van der Waals surface area contributed by atoms with Crippen molar-refractivity contribution in [1.29, 1.82) is 0 Å². The van der Waals surface area contributed by atoms with E-state index < -0.39 is 5.91 Å². The number of carbonyl (C=O) groups is 2. The highest BCUT2D eigenvalue weighted by Gasteiger charge is 2.34. The van der Waals surface area contributed by atoms with Crippen LogP contribution in [0.1, 0.15) is 28.4 Å². The molecule has 98 valence electrons. The summed E-state index contributed by atoms with van der Waals surface area (Å²) < 4.78 is 0.680. The fourth-order valence-corrected chi connectivity index (χ4v) is 2.79. The van der Waals surface area contributed by atoms with Crippen molar-refractivity contribution in [3.8, 4) is 0 Å². The molecule has 0 bridgehead atoms. The Morgan fingerprint density at radius 2 is 2.16 bits per heavy atom. The highest BCUT2D eigenvalue weighted by atomic mass is 79.9. The van der Waals surface area contributed by atoms with E-state index in [0.717, 1.165) is 5.56 Å². The van der Waals surface area contributed by atoms with E-state index in [1.807, 2.05) is 0 Å². The number of aromatic amines is 1. The van der Waals surface area contributed by atoms with Gasteiger partial charge in [-0.15, -0.1) is 0 Å². The standard InChI is InChI=1S/C11H10BrN5O2/c12-6-3-5-4(7-10(19)17-11(13)16-7)1-2-14-9(18)8(5)15-6/h3-4,15H,1-2H2,(H,14,18)(H2,13,17,19). The molecule has 0 aliphatic carbocycles. The van der Waals surface area contributed by atoms with Crippen LogP contribution in [-0.4, -0.2) is 35.0 Å². The molecule has 3 rings (SSSR count). The second-order valence-corrected chi connectivity index (χ2v) is 5.17. The smallest absolute Gasteiger partial charge is 0.295 e. The molecule has 0 aromatic carbocycles. The van der Waals surface area contributed by atoms with E-state index in [1.165, 1.54) is 0 Å². The molecule has 2 aliphatic rings. The summed E-state index contributed by atoms with van der Waals surface area (Å²) in [6, 6.07) is 1.79. The van der Waals surface area contributed by atoms with E-state index in [4.69, 9.17) is 5.73 Å². The number of aliphatic imine (C=N–C) groups is 2. The lowest BCUT2D eigenvalue weighted by Crippen LogP contribution is -2.23. The summed E-state index contributed by atoms with van der Waals surface area (Å²) in [6.07, 6.45) is 0.580. The maximum absolute atomic E-state index is 11.9. The Morgan fingerprint density at radius 3 is 2.84 bits per heavy atom. The molecule has 3 heterocycles. The number of hydrogen-bond acceptors (Lipinski definition) is 4. The number of halogens is 1. The monoisotopic (exact) mass is 323 g/mol. The van der Waals surface area contributed by atoms with Crippen molar-refractivity contribution in [2.24, 2.45) is 15.7 Å². The molecule has 1 unspecified atom stereocenters. The van der Waals surface area contributed by atoms with Gasteiger partial charge in [0.15, 0.2) is 0 Å². The summed E-state index contributed by atoms with van der Waals surface area (Å²) in [5.74, 6) is -0.934. The Morgan fingerprint density at radius 1 is 1.37 bits per heavy atom. The number of rotatable bonds is 1. The zero-order valence-electron chi connectivity index (χ0n) is 9.74. The molecule has 1 aromatic heterocycles. The number of guanidine groups is 1. The Kier molecular flexibility index (Phi) is 2.74. The van der Waals surface area contributed by atoms with Gasteiger partial charge >= 0.3 is 0 Å². The average Bonchev–Trinajstić information content (AvgIpc) is 2.84. The van der Waals surface area contributed by atoms with Crippen molar-refractivity contribution in [2.75, 3.05) is 6.54 Å². The molecule has 4 N–H and O–H groups in total. The lowest BCUT2D eigenvalue weighted by atomic mass is 9.91. The van der Waals surface area contributed by atoms with Crippen molar-refractivity contribution in [2.45, 2.75) is 12.3 Å². The van der Waals surface area contributed by atoms with E-state index >= 15 is 0 Å². The van der Waals surface area contributed by atoms with Gasteiger partial charge in [0, 0.05) is 12.5 Å². The third-order valence-electron chi connectivity index (χ3n) is 3.14. The van der Waals surface area contributed by atoms with Gasteiger partial charge in [-0.1, -0.05) is 0 Å². The van der Waals surface area contributed by atoms with Crippen LogP contribution in [0.5, 0.6) is 0 Å². The summed E-state index contributed by atoms with van der Waals surface area (Å²) in [6.45, 7) is 0.468. The van der Waals surface area contributed by atoms with Crippen molar-refractivity contribution >= 4 is 39.4 Å². The molecule has 19 heavy (non-hydrogen) atoms. The first-order chi connectivity index (χ1) is 9.06. The fraction of sp³-hybridized carbons (Fsp3) is 0.273. The summed E-state index contributed by atoms with van der Waals surface area (Å²) in [5.41, 5.74) is 6.92. The number of aromatic nitrogens is 1. The number of nitrogens with zero attached hydrogens (tertiary/aromatic N) is 2. The topological polar surface area (TPSA) is 113 Å². The van der Waals surface area contributed by atoms with Gasteiger partial charge < -0.3 is 16.0 Å². The second-order valence-electron chi connectivity index (χ2n) is 4.32. The Hall–Kier alpha value is -1.96. The molecule has 2 amide bonds. The first-order valence-electron chi connectivity index (χ1n) is 5.70. The quantitative estimate of drug-likeness (QED) is 0.690. The predicted molar refractivity (Wildman–Crippen MR) is 72.2 cm³/mol. The SMILES string of the molecule is NC1=NC(=O)C(C2CCNC(=O)c3[nH]c(Br)cc32)=N1. The van der Waals surface area contributed by atoms with Crippen LogP contribution in [0, 0.1) is 0 Å². The third-order valence-corrected chi connectivity index (χ3v) is 3.56. The maximum atomic E-state index is 11.9. The molecule has 0 saturated carbocycles. The molecular weight excluding hydrogens is 314 g/mol. The number of amides is 2. The zero-order chi connectivity index (χ0) is 13.6. The van der Waals surface area contributed by atoms with Crippen LogP contribution < -0.4 is 11.1 Å². The molecule has 8 heteroatoms. The number of H-pyrrole nitrogens is 1. The molecule has 0 fully saturated rings. The summed E-state index contributed by atoms with van der Waals surface area (Å²) in [4.78, 5) is 34.2. The first-order valence-corrected chi connectivity index (χ1v) is 6.49. The molecule has 2 aliphatic heterocycles. The van der Waals surface area contributed by atoms with Gasteiger partial charge in [-0.2, -0.15) is 4.99 Å². The fourth-order valence-electron chi connectivity index (χ4n) is 2.34. The van der Waals surface area contributed by atoms with Crippen LogP contribution >= 0.6 is 15.9 Å². The number of carbonyl (C=O) groups excluding carboxylic acids is 2. The number of nitrogens with two attached hydrogens (primary N) is 1. The van der Waals surface area contributed by atoms with Gasteiger partial charge in [0.05, 0.1) is 4.60 Å². The molecule has 1 aromatic rings. The summed E-state index contributed by atoms with van der Waals surface area (Å²) >= 11 is 3.29. The van der Waals surface area contributed by atoms with E-state index in [9.17, 15) is 9.59 Å². The summed E-state index contributed by atoms with van der Waals surface area (Å²) in [7, 11) is 0. The molecule has 1 atom stereocenters. The van der Waals surface area contributed by atoms with Crippen LogP contribution in [0.3, 0.4) is 0 Å². The van der Waals surface area contributed by atoms with Gasteiger partial charge in [0.2, 0.25) is 5.96 Å². The zero-order valence-corrected chi connectivity index (χ0v) is 11.3. The maximum Gasteiger partial charge on any atom is 0.295 e. The van der Waals surface area contributed by atoms with Crippen LogP contribution in [0.4, 0.5) is 0 Å². The minimum Gasteiger partial charge on any atom is -0.368 e. The Balaban J connectivity index is 2.08. The lowest BCUT2D eigenvalue weighted by Gasteiger charge is -2.11. The number of nitrogens with one attached hydrogen (secondary N) is 2. The number of fused-ring (bicyclic) bond motifs is 1. The Labute approximate surface area is 116 Å². The van der Waals surface area contributed by atoms with Crippen LogP contribution in [0.2, 0.25) is 0 Å². The van der Waals surface area contributed by atoms with Crippen molar-refractivity contribution < 1.29 is 9.59 Å². The highest BCUT2D eigenvalue weighted by Crippen LogP contribution is 2.31. The van der Waals surface area contributed by atoms with Crippen molar-refractivity contribution in [3.63, 3.8) is 0 Å². The van der Waals surface area contributed by atoms with Gasteiger partial charge in [0.25, 0.3) is 11.8 Å². The van der Waals surface area contributed by atoms with Gasteiger partial charge in [-0.25, -0.2) is 4.99 Å². The minimum absolute atomic E-state index is 0.0281. The average molecular weight is 324 g/mol. The predicted octanol–water partition coefficient (Wildman–Crippen LogP) is 0.290. The third kappa shape index (κ3) is 1.97. The second kappa shape index (κ2) is 4.30. The summed E-state index contributed by atoms with van der Waals surface area (Å²) in [5, 5.41) is 2.77. The molecule has 0 radical (unpaired) electrons. The van der Waals surface area contributed by atoms with Crippen LogP contribution in [0.25, 0.3) is 0 Å². The van der Waals surface area contributed by atoms with Gasteiger partial charge in [-0.3, -0.25) is 9.59 Å². The van der Waals surface area contributed by atoms with Crippen LogP contribution in [-0.2, 0) is 4.79 Å². The van der Waals surface area contributed by atoms with Crippen molar-refractivity contribution in [1.82, 2.24) is 10.3 Å². The van der Waals surface area contributed by atoms with Gasteiger partial charge in [0.1, 0.15) is 11.4 Å². The molecule has 0 spiro atoms. The van der Waals surface area contributed by atoms with Gasteiger partial charge in [-0.05, 0) is 34.0 Å². The van der Waals surface area contributed by atoms with Crippen molar-refractivity contribution in [3.05, 3.63) is 21.9 Å². The largest absolute Gasteiger partial charge is 0.368 e. The lowest BCUT2D eigenvalue weighted by molar-refractivity contribution is -0.111. The minimum atomic E-state index is -0.430. The first kappa shape index (κ1) is 12.1. The number of hydrogen-bond donors (Lipinski definition) is 3. The van der Waals surface area contributed by atoms with E-state index in [-0.39, 0.29) is 17.8 Å². The van der Waals surface area contributed by atoms with E-state index in [1.54, 1.807) is 6.07 Å². The van der Waals surface area contributed by atoms with Crippen LogP contribution in [0.15, 0.2) is 20.7 Å². The normalized spacial score (nSPS) is 22.5. The Bertz CT molecular complexity index is 646. The molecule has 7 nitrogen and oxygen atoms in total. The van der Waals surface area contributed by atoms with E-state index in [0.29, 0.717) is 29.0 Å². The van der Waals surface area contributed by atoms with E-state index in [2.05, 4.69) is 36.2 Å². The molecule has 0 saturated heterocycles.